The average Bonchev–Trinajstić information content (AvgIpc) is 2.86. The lowest BCUT2D eigenvalue weighted by molar-refractivity contribution is -0.0505. The molecule has 1 aromatic heterocycles. The first-order valence-electron chi connectivity index (χ1n) is 5.93. The van der Waals surface area contributed by atoms with Crippen molar-refractivity contribution in [3.63, 3.8) is 0 Å². The van der Waals surface area contributed by atoms with Crippen LogP contribution in [0.15, 0.2) is 36.7 Å². The maximum atomic E-state index is 12.4. The van der Waals surface area contributed by atoms with Crippen molar-refractivity contribution < 1.29 is 13.5 Å². The van der Waals surface area contributed by atoms with E-state index in [1.807, 2.05) is 11.5 Å². The van der Waals surface area contributed by atoms with Gasteiger partial charge in [-0.1, -0.05) is 18.2 Å². The molecule has 1 aromatic carbocycles. The molecular weight excluding hydrogens is 252 g/mol. The van der Waals surface area contributed by atoms with Gasteiger partial charge in [-0.15, -0.1) is 0 Å². The molecule has 6 heteroatoms. The summed E-state index contributed by atoms with van der Waals surface area (Å²) in [4.78, 5) is 4.18. The Morgan fingerprint density at radius 1 is 1.37 bits per heavy atom. The molecule has 0 aliphatic heterocycles. The number of hydrogen-bond acceptors (Lipinski definition) is 3. The standard InChI is InChI=1S/C13H15F2N3O/c1-2-18-8-7-17-12(18)11(16)9-5-3-4-6-10(9)19-13(14)15/h3-8,11,13H,2,16H2,1H3. The van der Waals surface area contributed by atoms with Gasteiger partial charge in [0.25, 0.3) is 0 Å². The number of aromatic nitrogens is 2. The molecule has 0 aliphatic rings. The Labute approximate surface area is 109 Å². The zero-order valence-electron chi connectivity index (χ0n) is 10.5. The zero-order chi connectivity index (χ0) is 13.8. The van der Waals surface area contributed by atoms with Gasteiger partial charge in [-0.3, -0.25) is 0 Å². The molecule has 19 heavy (non-hydrogen) atoms. The van der Waals surface area contributed by atoms with Crippen molar-refractivity contribution in [2.75, 3.05) is 0 Å². The van der Waals surface area contributed by atoms with Crippen LogP contribution in [0.2, 0.25) is 0 Å². The van der Waals surface area contributed by atoms with E-state index in [2.05, 4.69) is 9.72 Å². The topological polar surface area (TPSA) is 53.1 Å². The monoisotopic (exact) mass is 267 g/mol. The van der Waals surface area contributed by atoms with Crippen LogP contribution < -0.4 is 10.5 Å². The van der Waals surface area contributed by atoms with Crippen LogP contribution in [0.4, 0.5) is 8.78 Å². The maximum absolute atomic E-state index is 12.4. The first-order valence-corrected chi connectivity index (χ1v) is 5.93. The first-order chi connectivity index (χ1) is 9.13. The number of halogens is 2. The maximum Gasteiger partial charge on any atom is 0.387 e. The van der Waals surface area contributed by atoms with Gasteiger partial charge in [0, 0.05) is 24.5 Å². The summed E-state index contributed by atoms with van der Waals surface area (Å²) in [6, 6.07) is 5.88. The molecule has 0 radical (unpaired) electrons. The Kier molecular flexibility index (Phi) is 4.11. The van der Waals surface area contributed by atoms with Crippen LogP contribution in [-0.4, -0.2) is 16.2 Å². The van der Waals surface area contributed by atoms with E-state index >= 15 is 0 Å². The molecule has 2 aromatic rings. The summed E-state index contributed by atoms with van der Waals surface area (Å²) >= 11 is 0. The first kappa shape index (κ1) is 13.5. The summed E-state index contributed by atoms with van der Waals surface area (Å²) in [5, 5.41) is 0. The molecule has 1 heterocycles. The van der Waals surface area contributed by atoms with Gasteiger partial charge in [0.15, 0.2) is 0 Å². The lowest BCUT2D eigenvalue weighted by Crippen LogP contribution is -2.19. The van der Waals surface area contributed by atoms with Crippen LogP contribution in [0.1, 0.15) is 24.4 Å². The molecule has 0 aliphatic carbocycles. The summed E-state index contributed by atoms with van der Waals surface area (Å²) in [5.41, 5.74) is 6.59. The fraction of sp³-hybridized carbons (Fsp3) is 0.308. The Morgan fingerprint density at radius 2 is 2.11 bits per heavy atom. The van der Waals surface area contributed by atoms with Crippen molar-refractivity contribution in [3.8, 4) is 5.75 Å². The van der Waals surface area contributed by atoms with Crippen LogP contribution in [0.3, 0.4) is 0 Å². The fourth-order valence-electron chi connectivity index (χ4n) is 1.95. The fourth-order valence-corrected chi connectivity index (χ4v) is 1.95. The van der Waals surface area contributed by atoms with Gasteiger partial charge in [0.05, 0.1) is 6.04 Å². The zero-order valence-corrected chi connectivity index (χ0v) is 10.5. The van der Waals surface area contributed by atoms with E-state index < -0.39 is 12.7 Å². The van der Waals surface area contributed by atoms with Crippen molar-refractivity contribution in [2.45, 2.75) is 26.1 Å². The molecule has 0 bridgehead atoms. The van der Waals surface area contributed by atoms with E-state index in [1.54, 1.807) is 30.6 Å². The third-order valence-electron chi connectivity index (χ3n) is 2.84. The Morgan fingerprint density at radius 3 is 2.79 bits per heavy atom. The SMILES string of the molecule is CCn1ccnc1C(N)c1ccccc1OC(F)F. The highest BCUT2D eigenvalue weighted by Crippen LogP contribution is 2.28. The van der Waals surface area contributed by atoms with Crippen molar-refractivity contribution >= 4 is 0 Å². The number of rotatable bonds is 5. The molecule has 4 nitrogen and oxygen atoms in total. The molecule has 1 atom stereocenters. The van der Waals surface area contributed by atoms with Crippen molar-refractivity contribution in [1.82, 2.24) is 9.55 Å². The van der Waals surface area contributed by atoms with Crippen LogP contribution >= 0.6 is 0 Å². The second-order valence-corrected chi connectivity index (χ2v) is 3.97. The predicted octanol–water partition coefficient (Wildman–Crippen LogP) is 2.55. The lowest BCUT2D eigenvalue weighted by Gasteiger charge is -2.17. The van der Waals surface area contributed by atoms with Crippen LogP contribution in [-0.2, 0) is 6.54 Å². The molecule has 0 fully saturated rings. The number of nitrogens with zero attached hydrogens (tertiary/aromatic N) is 2. The van der Waals surface area contributed by atoms with Gasteiger partial charge in [-0.25, -0.2) is 4.98 Å². The van der Waals surface area contributed by atoms with Gasteiger partial charge in [-0.05, 0) is 13.0 Å². The Balaban J connectivity index is 2.36. The molecule has 1 unspecified atom stereocenters. The third kappa shape index (κ3) is 2.90. The van der Waals surface area contributed by atoms with Crippen molar-refractivity contribution in [2.24, 2.45) is 5.73 Å². The number of aryl methyl sites for hydroxylation is 1. The van der Waals surface area contributed by atoms with Crippen molar-refractivity contribution in [1.29, 1.82) is 0 Å². The van der Waals surface area contributed by atoms with E-state index in [1.165, 1.54) is 6.07 Å². The summed E-state index contributed by atoms with van der Waals surface area (Å²) < 4.78 is 31.1. The van der Waals surface area contributed by atoms with E-state index in [9.17, 15) is 8.78 Å². The lowest BCUT2D eigenvalue weighted by atomic mass is 10.1. The molecule has 2 N–H and O–H groups in total. The summed E-state index contributed by atoms with van der Waals surface area (Å²) in [6.07, 6.45) is 3.43. The number of ether oxygens (including phenoxy) is 1. The minimum Gasteiger partial charge on any atom is -0.434 e. The molecule has 0 saturated heterocycles. The number of para-hydroxylation sites is 1. The normalized spacial score (nSPS) is 12.7. The quantitative estimate of drug-likeness (QED) is 0.905. The summed E-state index contributed by atoms with van der Waals surface area (Å²) in [5.74, 6) is 0.698. The minimum atomic E-state index is -2.88. The molecular formula is C13H15F2N3O. The largest absolute Gasteiger partial charge is 0.434 e. The van der Waals surface area contributed by atoms with Gasteiger partial charge < -0.3 is 15.0 Å². The van der Waals surface area contributed by atoms with Crippen LogP contribution in [0.5, 0.6) is 5.75 Å². The third-order valence-corrected chi connectivity index (χ3v) is 2.84. The number of hydrogen-bond donors (Lipinski definition) is 1. The van der Waals surface area contributed by atoms with Gasteiger partial charge >= 0.3 is 6.61 Å². The highest BCUT2D eigenvalue weighted by Gasteiger charge is 2.19. The molecule has 0 amide bonds. The number of nitrogens with two attached hydrogens (primary N) is 1. The number of alkyl halides is 2. The highest BCUT2D eigenvalue weighted by molar-refractivity contribution is 5.38. The smallest absolute Gasteiger partial charge is 0.387 e. The Bertz CT molecular complexity index is 542. The summed E-state index contributed by atoms with van der Waals surface area (Å²) in [7, 11) is 0. The second-order valence-electron chi connectivity index (χ2n) is 3.97. The average molecular weight is 267 g/mol. The minimum absolute atomic E-state index is 0.0793. The van der Waals surface area contributed by atoms with E-state index in [0.29, 0.717) is 17.9 Å². The molecule has 0 saturated carbocycles. The van der Waals surface area contributed by atoms with Crippen molar-refractivity contribution in [3.05, 3.63) is 48.0 Å². The molecule has 102 valence electrons. The summed E-state index contributed by atoms with van der Waals surface area (Å²) in [6.45, 7) is -0.209. The number of benzene rings is 1. The Hall–Kier alpha value is -1.95. The van der Waals surface area contributed by atoms with E-state index in [0.717, 1.165) is 0 Å². The number of imidazole rings is 1. The van der Waals surface area contributed by atoms with E-state index in [4.69, 9.17) is 5.73 Å². The van der Waals surface area contributed by atoms with Crippen LogP contribution in [0, 0.1) is 0 Å². The van der Waals surface area contributed by atoms with Gasteiger partial charge in [-0.2, -0.15) is 8.78 Å². The predicted molar refractivity (Wildman–Crippen MR) is 67.0 cm³/mol. The van der Waals surface area contributed by atoms with Gasteiger partial charge in [0.2, 0.25) is 0 Å². The molecule has 0 spiro atoms. The molecule has 2 rings (SSSR count). The van der Waals surface area contributed by atoms with E-state index in [-0.39, 0.29) is 5.75 Å². The highest BCUT2D eigenvalue weighted by atomic mass is 19.3. The van der Waals surface area contributed by atoms with Crippen LogP contribution in [0.25, 0.3) is 0 Å². The van der Waals surface area contributed by atoms with Gasteiger partial charge in [0.1, 0.15) is 11.6 Å². The second kappa shape index (κ2) is 5.79.